The molecule has 0 fully saturated rings. The normalized spacial score (nSPS) is 10.4. The number of benzene rings is 1. The van der Waals surface area contributed by atoms with E-state index in [2.05, 4.69) is 10.3 Å². The molecular weight excluding hydrogens is 229 g/mol. The molecule has 5 heteroatoms. The Bertz CT molecular complexity index is 496. The lowest BCUT2D eigenvalue weighted by atomic mass is 10.3. The molecule has 0 spiro atoms. The van der Waals surface area contributed by atoms with Gasteiger partial charge in [0.1, 0.15) is 5.82 Å². The standard InChI is InChI=1S/C11H11ClFN3/c1-2-16-6-5-14-11(16)15-10-4-3-8(12)7-9(10)13/h3-7H,2H2,1H3,(H,14,15). The number of nitrogens with zero attached hydrogens (tertiary/aromatic N) is 2. The molecule has 1 heterocycles. The van der Waals surface area contributed by atoms with Crippen LogP contribution in [-0.4, -0.2) is 9.55 Å². The van der Waals surface area contributed by atoms with Crippen molar-refractivity contribution in [3.8, 4) is 0 Å². The van der Waals surface area contributed by atoms with Gasteiger partial charge in [-0.25, -0.2) is 9.37 Å². The maximum atomic E-state index is 13.5. The molecule has 2 aromatic rings. The zero-order chi connectivity index (χ0) is 11.5. The molecule has 0 radical (unpaired) electrons. The Hall–Kier alpha value is -1.55. The van der Waals surface area contributed by atoms with Gasteiger partial charge in [0, 0.05) is 24.0 Å². The number of rotatable bonds is 3. The van der Waals surface area contributed by atoms with Gasteiger partial charge >= 0.3 is 0 Å². The Labute approximate surface area is 97.9 Å². The minimum atomic E-state index is -0.391. The Balaban J connectivity index is 2.27. The van der Waals surface area contributed by atoms with Crippen molar-refractivity contribution in [2.75, 3.05) is 5.32 Å². The first-order valence-corrected chi connectivity index (χ1v) is 5.31. The van der Waals surface area contributed by atoms with Crippen LogP contribution >= 0.6 is 11.6 Å². The number of aromatic nitrogens is 2. The third-order valence-corrected chi connectivity index (χ3v) is 2.47. The highest BCUT2D eigenvalue weighted by Crippen LogP contribution is 2.21. The lowest BCUT2D eigenvalue weighted by molar-refractivity contribution is 0.631. The van der Waals surface area contributed by atoms with E-state index in [1.165, 1.54) is 6.07 Å². The van der Waals surface area contributed by atoms with Crippen LogP contribution in [0, 0.1) is 5.82 Å². The van der Waals surface area contributed by atoms with Crippen molar-refractivity contribution in [3.05, 3.63) is 41.4 Å². The third kappa shape index (κ3) is 2.17. The van der Waals surface area contributed by atoms with Crippen molar-refractivity contribution in [1.82, 2.24) is 9.55 Å². The summed E-state index contributed by atoms with van der Waals surface area (Å²) in [5.41, 5.74) is 0.366. The number of nitrogens with one attached hydrogen (secondary N) is 1. The molecule has 0 saturated carbocycles. The second kappa shape index (κ2) is 4.53. The highest BCUT2D eigenvalue weighted by atomic mass is 35.5. The van der Waals surface area contributed by atoms with Crippen molar-refractivity contribution in [3.63, 3.8) is 0 Å². The zero-order valence-corrected chi connectivity index (χ0v) is 9.50. The number of imidazole rings is 1. The van der Waals surface area contributed by atoms with E-state index in [-0.39, 0.29) is 0 Å². The molecule has 16 heavy (non-hydrogen) atoms. The van der Waals surface area contributed by atoms with Crippen LogP contribution in [0.4, 0.5) is 16.0 Å². The predicted octanol–water partition coefficient (Wildman–Crippen LogP) is 3.44. The topological polar surface area (TPSA) is 29.9 Å². The summed E-state index contributed by atoms with van der Waals surface area (Å²) in [6.07, 6.45) is 3.50. The van der Waals surface area contributed by atoms with Gasteiger partial charge in [0.15, 0.2) is 0 Å². The van der Waals surface area contributed by atoms with Crippen LogP contribution in [0.5, 0.6) is 0 Å². The van der Waals surface area contributed by atoms with Crippen LogP contribution in [-0.2, 0) is 6.54 Å². The third-order valence-electron chi connectivity index (χ3n) is 2.23. The van der Waals surface area contributed by atoms with Gasteiger partial charge in [-0.05, 0) is 25.1 Å². The van der Waals surface area contributed by atoms with Crippen molar-refractivity contribution in [2.45, 2.75) is 13.5 Å². The smallest absolute Gasteiger partial charge is 0.207 e. The quantitative estimate of drug-likeness (QED) is 0.889. The number of anilines is 2. The summed E-state index contributed by atoms with van der Waals surface area (Å²) in [5.74, 6) is 0.224. The maximum absolute atomic E-state index is 13.5. The van der Waals surface area contributed by atoms with Crippen LogP contribution in [0.25, 0.3) is 0 Å². The van der Waals surface area contributed by atoms with Crippen LogP contribution in [0.1, 0.15) is 6.92 Å². The summed E-state index contributed by atoms with van der Waals surface area (Å²) in [7, 11) is 0. The molecule has 0 atom stereocenters. The van der Waals surface area contributed by atoms with Gasteiger partial charge < -0.3 is 9.88 Å². The van der Waals surface area contributed by atoms with Crippen LogP contribution in [0.2, 0.25) is 5.02 Å². The van der Waals surface area contributed by atoms with Crippen molar-refractivity contribution >= 4 is 23.2 Å². The fourth-order valence-electron chi connectivity index (χ4n) is 1.40. The van der Waals surface area contributed by atoms with Crippen molar-refractivity contribution in [2.24, 2.45) is 0 Å². The molecule has 3 nitrogen and oxygen atoms in total. The molecule has 0 unspecified atom stereocenters. The summed E-state index contributed by atoms with van der Waals surface area (Å²) < 4.78 is 15.4. The first kappa shape index (κ1) is 11.0. The van der Waals surface area contributed by atoms with Crippen LogP contribution in [0.15, 0.2) is 30.6 Å². The second-order valence-electron chi connectivity index (χ2n) is 3.29. The highest BCUT2D eigenvalue weighted by Gasteiger charge is 2.06. The Kier molecular flexibility index (Phi) is 3.10. The molecular formula is C11H11ClFN3. The number of hydrogen-bond donors (Lipinski definition) is 1. The molecule has 0 aliphatic rings. The van der Waals surface area contributed by atoms with E-state index < -0.39 is 5.82 Å². The maximum Gasteiger partial charge on any atom is 0.207 e. The fraction of sp³-hybridized carbons (Fsp3) is 0.182. The number of hydrogen-bond acceptors (Lipinski definition) is 2. The first-order chi connectivity index (χ1) is 7.70. The first-order valence-electron chi connectivity index (χ1n) is 4.94. The highest BCUT2D eigenvalue weighted by molar-refractivity contribution is 6.30. The average Bonchev–Trinajstić information content (AvgIpc) is 2.69. The van der Waals surface area contributed by atoms with Crippen molar-refractivity contribution < 1.29 is 4.39 Å². The Morgan fingerprint density at radius 1 is 1.50 bits per heavy atom. The lowest BCUT2D eigenvalue weighted by Crippen LogP contribution is -2.02. The molecule has 0 aliphatic heterocycles. The summed E-state index contributed by atoms with van der Waals surface area (Å²) in [4.78, 5) is 4.10. The fourth-order valence-corrected chi connectivity index (χ4v) is 1.56. The summed E-state index contributed by atoms with van der Waals surface area (Å²) in [6, 6.07) is 4.49. The number of aryl methyl sites for hydroxylation is 1. The largest absolute Gasteiger partial charge is 0.323 e. The number of halogens is 2. The summed E-state index contributed by atoms with van der Waals surface area (Å²) in [6.45, 7) is 2.77. The molecule has 84 valence electrons. The molecule has 0 aliphatic carbocycles. The molecule has 1 aromatic heterocycles. The van der Waals surface area contributed by atoms with Gasteiger partial charge in [-0.2, -0.15) is 0 Å². The monoisotopic (exact) mass is 239 g/mol. The SMILES string of the molecule is CCn1ccnc1Nc1ccc(Cl)cc1F. The molecule has 0 amide bonds. The molecule has 1 N–H and O–H groups in total. The van der Waals surface area contributed by atoms with Crippen molar-refractivity contribution in [1.29, 1.82) is 0 Å². The second-order valence-corrected chi connectivity index (χ2v) is 3.72. The van der Waals surface area contributed by atoms with E-state index in [9.17, 15) is 4.39 Å². The Morgan fingerprint density at radius 3 is 3.00 bits per heavy atom. The van der Waals surface area contributed by atoms with E-state index in [0.29, 0.717) is 16.7 Å². The van der Waals surface area contributed by atoms with E-state index in [0.717, 1.165) is 6.54 Å². The van der Waals surface area contributed by atoms with E-state index >= 15 is 0 Å². The lowest BCUT2D eigenvalue weighted by Gasteiger charge is -2.08. The van der Waals surface area contributed by atoms with Gasteiger partial charge in [0.05, 0.1) is 5.69 Å². The molecule has 1 aromatic carbocycles. The molecule has 0 saturated heterocycles. The van der Waals surface area contributed by atoms with Gasteiger partial charge in [0.2, 0.25) is 5.95 Å². The minimum Gasteiger partial charge on any atom is -0.323 e. The average molecular weight is 240 g/mol. The van der Waals surface area contributed by atoms with E-state index in [1.807, 2.05) is 17.7 Å². The van der Waals surface area contributed by atoms with E-state index in [1.54, 1.807) is 18.3 Å². The van der Waals surface area contributed by atoms with Crippen LogP contribution < -0.4 is 5.32 Å². The van der Waals surface area contributed by atoms with Gasteiger partial charge in [-0.1, -0.05) is 11.6 Å². The predicted molar refractivity (Wildman–Crippen MR) is 62.6 cm³/mol. The molecule has 2 rings (SSSR count). The minimum absolute atomic E-state index is 0.366. The summed E-state index contributed by atoms with van der Waals surface area (Å²) in [5, 5.41) is 3.29. The van der Waals surface area contributed by atoms with Gasteiger partial charge in [0.25, 0.3) is 0 Å². The Morgan fingerprint density at radius 2 is 2.31 bits per heavy atom. The van der Waals surface area contributed by atoms with Crippen LogP contribution in [0.3, 0.4) is 0 Å². The van der Waals surface area contributed by atoms with Gasteiger partial charge in [-0.15, -0.1) is 0 Å². The zero-order valence-electron chi connectivity index (χ0n) is 8.74. The molecule has 0 bridgehead atoms. The van der Waals surface area contributed by atoms with E-state index in [4.69, 9.17) is 11.6 Å². The van der Waals surface area contributed by atoms with Gasteiger partial charge in [-0.3, -0.25) is 0 Å². The summed E-state index contributed by atoms with van der Waals surface area (Å²) >= 11 is 5.67.